The van der Waals surface area contributed by atoms with Crippen LogP contribution in [-0.4, -0.2) is 59.1 Å². The lowest BCUT2D eigenvalue weighted by Gasteiger charge is -2.27. The van der Waals surface area contributed by atoms with E-state index in [0.29, 0.717) is 37.4 Å². The number of aryl methyl sites for hydroxylation is 1. The number of ether oxygens (including phenoxy) is 2. The number of carbonyl (C=O) groups is 2. The van der Waals surface area contributed by atoms with Crippen molar-refractivity contribution in [1.29, 1.82) is 0 Å². The third kappa shape index (κ3) is 4.51. The summed E-state index contributed by atoms with van der Waals surface area (Å²) in [5.74, 6) is 0.994. The lowest BCUT2D eigenvalue weighted by atomic mass is 10.1. The van der Waals surface area contributed by atoms with Crippen LogP contribution in [0.3, 0.4) is 0 Å². The Bertz CT molecular complexity index is 848. The summed E-state index contributed by atoms with van der Waals surface area (Å²) < 4.78 is 10.5. The van der Waals surface area contributed by atoms with Gasteiger partial charge in [0.15, 0.2) is 0 Å². The van der Waals surface area contributed by atoms with E-state index >= 15 is 0 Å². The number of imidazole rings is 1. The van der Waals surface area contributed by atoms with Crippen LogP contribution in [0.1, 0.15) is 24.1 Å². The molecule has 3 rings (SSSR count). The Kier molecular flexibility index (Phi) is 6.31. The number of nitrogens with one attached hydrogen (secondary N) is 1. The lowest BCUT2D eigenvalue weighted by molar-refractivity contribution is -0.154. The van der Waals surface area contributed by atoms with E-state index in [9.17, 15) is 9.59 Å². The first-order chi connectivity index (χ1) is 13.6. The van der Waals surface area contributed by atoms with Gasteiger partial charge in [-0.1, -0.05) is 0 Å². The van der Waals surface area contributed by atoms with Crippen molar-refractivity contribution in [3.8, 4) is 11.5 Å². The van der Waals surface area contributed by atoms with Gasteiger partial charge in [-0.25, -0.2) is 9.99 Å². The first-order valence-corrected chi connectivity index (χ1v) is 9.11. The van der Waals surface area contributed by atoms with Crippen LogP contribution < -0.4 is 9.47 Å². The highest BCUT2D eigenvalue weighted by atomic mass is 16.5. The number of carbonyl (C=O) groups excluding carboxylic acids is 2. The minimum Gasteiger partial charge on any atom is -0.497 e. The molecule has 0 bridgehead atoms. The van der Waals surface area contributed by atoms with Crippen LogP contribution >= 0.6 is 0 Å². The van der Waals surface area contributed by atoms with Crippen molar-refractivity contribution >= 4 is 17.9 Å². The van der Waals surface area contributed by atoms with E-state index in [4.69, 9.17) is 9.47 Å². The Balaban J connectivity index is 1.65. The molecule has 2 aromatic rings. The maximum absolute atomic E-state index is 12.7. The van der Waals surface area contributed by atoms with E-state index in [-0.39, 0.29) is 11.8 Å². The van der Waals surface area contributed by atoms with Crippen LogP contribution in [0.25, 0.3) is 6.08 Å². The summed E-state index contributed by atoms with van der Waals surface area (Å²) in [6.45, 7) is 1.07. The largest absolute Gasteiger partial charge is 0.497 e. The molecular weight excluding hydrogens is 360 g/mol. The highest BCUT2D eigenvalue weighted by Gasteiger charge is 2.29. The average Bonchev–Trinajstić information content (AvgIpc) is 3.41. The Labute approximate surface area is 163 Å². The lowest BCUT2D eigenvalue weighted by Crippen LogP contribution is -2.44. The van der Waals surface area contributed by atoms with Gasteiger partial charge in [-0.15, -0.1) is 0 Å². The number of amides is 2. The molecule has 0 unspecified atom stereocenters. The number of H-pyrrole nitrogens is 1. The summed E-state index contributed by atoms with van der Waals surface area (Å²) in [6.07, 6.45) is 8.06. The van der Waals surface area contributed by atoms with E-state index in [1.807, 2.05) is 0 Å². The standard InChI is InChI=1S/C20H24N4O4/c1-27-17-6-7-18(28-2)15(12-17)4-8-19(25)23-10-3-11-24(23)20(26)9-5-16-13-21-14-22-16/h4,6-8,12-14H,3,5,9-11H2,1-2H3,(H,21,22)/b8-4+. The SMILES string of the molecule is COc1ccc(OC)c(/C=C/C(=O)N2CCCN2C(=O)CCc2cnc[nH]2)c1. The Morgan fingerprint density at radius 3 is 2.75 bits per heavy atom. The Morgan fingerprint density at radius 1 is 1.21 bits per heavy atom. The van der Waals surface area contributed by atoms with Crippen LogP contribution in [0.15, 0.2) is 36.8 Å². The van der Waals surface area contributed by atoms with E-state index in [2.05, 4.69) is 9.97 Å². The maximum atomic E-state index is 12.7. The quantitative estimate of drug-likeness (QED) is 0.738. The second-order valence-electron chi connectivity index (χ2n) is 6.35. The van der Waals surface area contributed by atoms with Crippen LogP contribution in [0, 0.1) is 0 Å². The first kappa shape index (κ1) is 19.5. The van der Waals surface area contributed by atoms with Gasteiger partial charge in [0.1, 0.15) is 11.5 Å². The molecule has 1 N–H and O–H groups in total. The number of benzene rings is 1. The summed E-state index contributed by atoms with van der Waals surface area (Å²) in [7, 11) is 3.15. The molecule has 28 heavy (non-hydrogen) atoms. The van der Waals surface area contributed by atoms with Gasteiger partial charge in [-0.2, -0.15) is 0 Å². The molecule has 148 valence electrons. The topological polar surface area (TPSA) is 87.8 Å². The fraction of sp³-hybridized carbons (Fsp3) is 0.350. The van der Waals surface area contributed by atoms with E-state index in [0.717, 1.165) is 17.7 Å². The molecule has 0 radical (unpaired) electrons. The molecule has 8 heteroatoms. The van der Waals surface area contributed by atoms with Crippen molar-refractivity contribution in [2.75, 3.05) is 27.3 Å². The molecule has 1 aliphatic rings. The van der Waals surface area contributed by atoms with Gasteiger partial charge >= 0.3 is 0 Å². The zero-order valence-electron chi connectivity index (χ0n) is 16.1. The minimum absolute atomic E-state index is 0.0761. The zero-order valence-corrected chi connectivity index (χ0v) is 16.1. The van der Waals surface area contributed by atoms with Crippen molar-refractivity contribution in [2.24, 2.45) is 0 Å². The maximum Gasteiger partial charge on any atom is 0.265 e. The highest BCUT2D eigenvalue weighted by molar-refractivity contribution is 5.93. The molecular formula is C20H24N4O4. The normalized spacial score (nSPS) is 13.9. The Hall–Kier alpha value is -3.29. The van der Waals surface area contributed by atoms with Gasteiger partial charge in [-0.3, -0.25) is 14.6 Å². The molecule has 2 amide bonds. The smallest absolute Gasteiger partial charge is 0.265 e. The molecule has 1 saturated heterocycles. The molecule has 0 aliphatic carbocycles. The van der Waals surface area contributed by atoms with Crippen LogP contribution in [0.2, 0.25) is 0 Å². The van der Waals surface area contributed by atoms with Gasteiger partial charge in [0.05, 0.1) is 20.5 Å². The summed E-state index contributed by atoms with van der Waals surface area (Å²) >= 11 is 0. The number of hydrazine groups is 1. The van der Waals surface area contributed by atoms with E-state index < -0.39 is 0 Å². The van der Waals surface area contributed by atoms with Crippen LogP contribution in [0.5, 0.6) is 11.5 Å². The highest BCUT2D eigenvalue weighted by Crippen LogP contribution is 2.25. The first-order valence-electron chi connectivity index (χ1n) is 9.11. The molecule has 1 aromatic heterocycles. The number of aromatic nitrogens is 2. The van der Waals surface area contributed by atoms with E-state index in [1.165, 1.54) is 16.1 Å². The zero-order chi connectivity index (χ0) is 19.9. The van der Waals surface area contributed by atoms with Crippen molar-refractivity contribution in [3.63, 3.8) is 0 Å². The molecule has 1 aromatic carbocycles. The summed E-state index contributed by atoms with van der Waals surface area (Å²) in [6, 6.07) is 5.36. The van der Waals surface area contributed by atoms with Gasteiger partial charge in [-0.05, 0) is 37.1 Å². The van der Waals surface area contributed by atoms with E-state index in [1.54, 1.807) is 51.0 Å². The third-order valence-corrected chi connectivity index (χ3v) is 4.58. The van der Waals surface area contributed by atoms with Gasteiger partial charge in [0.25, 0.3) is 5.91 Å². The predicted octanol–water partition coefficient (Wildman–Crippen LogP) is 2.05. The molecule has 0 saturated carbocycles. The number of aromatic amines is 1. The fourth-order valence-corrected chi connectivity index (χ4v) is 3.11. The second kappa shape index (κ2) is 9.07. The van der Waals surface area contributed by atoms with Gasteiger partial charge in [0.2, 0.25) is 5.91 Å². The molecule has 0 atom stereocenters. The van der Waals surface area contributed by atoms with Gasteiger partial charge in [0, 0.05) is 43.0 Å². The van der Waals surface area contributed by atoms with Crippen LogP contribution in [0.4, 0.5) is 0 Å². The van der Waals surface area contributed by atoms with Crippen molar-refractivity contribution < 1.29 is 19.1 Å². The summed E-state index contributed by atoms with van der Waals surface area (Å²) in [4.78, 5) is 32.2. The van der Waals surface area contributed by atoms with Crippen molar-refractivity contribution in [3.05, 3.63) is 48.1 Å². The fourth-order valence-electron chi connectivity index (χ4n) is 3.11. The molecule has 2 heterocycles. The van der Waals surface area contributed by atoms with Crippen molar-refractivity contribution in [1.82, 2.24) is 20.0 Å². The average molecular weight is 384 g/mol. The summed E-state index contributed by atoms with van der Waals surface area (Å²) in [5.41, 5.74) is 1.63. The van der Waals surface area contributed by atoms with Crippen molar-refractivity contribution in [2.45, 2.75) is 19.3 Å². The number of hydrogen-bond acceptors (Lipinski definition) is 5. The molecule has 1 aliphatic heterocycles. The summed E-state index contributed by atoms with van der Waals surface area (Å²) in [5, 5.41) is 3.03. The minimum atomic E-state index is -0.239. The molecule has 8 nitrogen and oxygen atoms in total. The second-order valence-corrected chi connectivity index (χ2v) is 6.35. The monoisotopic (exact) mass is 384 g/mol. The number of nitrogens with zero attached hydrogens (tertiary/aromatic N) is 3. The van der Waals surface area contributed by atoms with Crippen LogP contribution in [-0.2, 0) is 16.0 Å². The predicted molar refractivity (Wildman–Crippen MR) is 104 cm³/mol. The third-order valence-electron chi connectivity index (χ3n) is 4.58. The number of rotatable bonds is 7. The molecule has 0 spiro atoms. The number of methoxy groups -OCH3 is 2. The molecule has 1 fully saturated rings. The number of hydrogen-bond donors (Lipinski definition) is 1. The van der Waals surface area contributed by atoms with Gasteiger partial charge < -0.3 is 14.5 Å². The Morgan fingerprint density at radius 2 is 2.04 bits per heavy atom.